The van der Waals surface area contributed by atoms with Crippen molar-refractivity contribution in [3.63, 3.8) is 0 Å². The third kappa shape index (κ3) is 13.2. The summed E-state index contributed by atoms with van der Waals surface area (Å²) < 4.78 is 17.7. The standard InChI is InChI=1S/C16H35O2P.Nd/c1-5-9-11-15(7-3)13-18-19(17)14-16(8-4)12-10-6-2;/h15-16,19H,5-14H2,1-4H3;. The van der Waals surface area contributed by atoms with Crippen molar-refractivity contribution in [3.8, 4) is 0 Å². The first-order valence-corrected chi connectivity index (χ1v) is 9.85. The maximum Gasteiger partial charge on any atom is 0.191 e. The van der Waals surface area contributed by atoms with E-state index in [9.17, 15) is 4.57 Å². The van der Waals surface area contributed by atoms with Gasteiger partial charge in [0.25, 0.3) is 0 Å². The van der Waals surface area contributed by atoms with Gasteiger partial charge in [0.15, 0.2) is 8.03 Å². The largest absolute Gasteiger partial charge is 0.330 e. The fraction of sp³-hybridized carbons (Fsp3) is 1.00. The van der Waals surface area contributed by atoms with Gasteiger partial charge in [-0.25, -0.2) is 0 Å². The zero-order valence-corrected chi connectivity index (χ0v) is 18.3. The van der Waals surface area contributed by atoms with Crippen molar-refractivity contribution in [1.82, 2.24) is 0 Å². The summed E-state index contributed by atoms with van der Waals surface area (Å²) in [5, 5.41) is 0. The molecule has 0 amide bonds. The minimum atomic E-state index is -1.81. The van der Waals surface area contributed by atoms with Gasteiger partial charge in [-0.3, -0.25) is 4.57 Å². The second-order valence-electron chi connectivity index (χ2n) is 5.72. The molecular weight excluding hydrogens is 399 g/mol. The van der Waals surface area contributed by atoms with E-state index in [-0.39, 0.29) is 40.8 Å². The first-order chi connectivity index (χ1) is 9.17. The molecule has 4 heteroatoms. The smallest absolute Gasteiger partial charge is 0.191 e. The van der Waals surface area contributed by atoms with Crippen LogP contribution >= 0.6 is 8.03 Å². The van der Waals surface area contributed by atoms with Gasteiger partial charge in [0.05, 0.1) is 6.61 Å². The Labute approximate surface area is 160 Å². The Morgan fingerprint density at radius 1 is 0.900 bits per heavy atom. The van der Waals surface area contributed by atoms with Crippen molar-refractivity contribution in [2.75, 3.05) is 12.8 Å². The molecule has 0 heterocycles. The molecule has 0 aliphatic rings. The van der Waals surface area contributed by atoms with Gasteiger partial charge >= 0.3 is 0 Å². The van der Waals surface area contributed by atoms with Crippen molar-refractivity contribution < 1.29 is 49.9 Å². The summed E-state index contributed by atoms with van der Waals surface area (Å²) in [5.74, 6) is 1.20. The van der Waals surface area contributed by atoms with Crippen molar-refractivity contribution in [2.45, 2.75) is 79.1 Å². The summed E-state index contributed by atoms with van der Waals surface area (Å²) in [5.41, 5.74) is 0. The molecule has 0 aliphatic carbocycles. The zero-order chi connectivity index (χ0) is 14.5. The molecule has 0 N–H and O–H groups in total. The molecule has 0 aliphatic heterocycles. The molecule has 0 aromatic rings. The van der Waals surface area contributed by atoms with Gasteiger partial charge in [0.1, 0.15) is 0 Å². The summed E-state index contributed by atoms with van der Waals surface area (Å²) in [6.45, 7) is 9.54. The van der Waals surface area contributed by atoms with Gasteiger partial charge < -0.3 is 4.52 Å². The molecule has 0 bridgehead atoms. The van der Waals surface area contributed by atoms with Gasteiger partial charge in [-0.1, -0.05) is 66.2 Å². The van der Waals surface area contributed by atoms with Crippen molar-refractivity contribution in [1.29, 1.82) is 0 Å². The Kier molecular flexibility index (Phi) is 20.1. The van der Waals surface area contributed by atoms with Gasteiger partial charge in [-0.05, 0) is 24.7 Å². The van der Waals surface area contributed by atoms with E-state index in [4.69, 9.17) is 4.52 Å². The second kappa shape index (κ2) is 16.9. The van der Waals surface area contributed by atoms with Gasteiger partial charge in [0.2, 0.25) is 0 Å². The van der Waals surface area contributed by atoms with Crippen LogP contribution in [0, 0.1) is 52.7 Å². The monoisotopic (exact) mass is 432 g/mol. The van der Waals surface area contributed by atoms with E-state index < -0.39 is 8.03 Å². The molecular formula is C16H35NdO2P. The molecule has 3 atom stereocenters. The third-order valence-corrected chi connectivity index (χ3v) is 5.42. The van der Waals surface area contributed by atoms with Gasteiger partial charge in [0, 0.05) is 47.0 Å². The van der Waals surface area contributed by atoms with Crippen LogP contribution in [-0.2, 0) is 9.09 Å². The molecule has 2 nitrogen and oxygen atoms in total. The number of unbranched alkanes of at least 4 members (excludes halogenated alkanes) is 2. The first-order valence-electron chi connectivity index (χ1n) is 8.33. The number of hydrogen-bond donors (Lipinski definition) is 0. The molecule has 0 spiro atoms. The molecule has 0 saturated heterocycles. The minimum Gasteiger partial charge on any atom is -0.330 e. The SMILES string of the molecule is CCCCC(CC)CO[PH](=O)CC(CC)CCCC.[Nd]. The summed E-state index contributed by atoms with van der Waals surface area (Å²) in [4.78, 5) is 0. The van der Waals surface area contributed by atoms with Gasteiger partial charge in [-0.15, -0.1) is 0 Å². The molecule has 120 valence electrons. The van der Waals surface area contributed by atoms with E-state index in [0.717, 1.165) is 19.0 Å². The van der Waals surface area contributed by atoms with Crippen LogP contribution in [-0.4, -0.2) is 12.8 Å². The molecule has 0 radical (unpaired) electrons. The first kappa shape index (κ1) is 23.8. The van der Waals surface area contributed by atoms with Crippen LogP contribution in [0.25, 0.3) is 0 Å². The van der Waals surface area contributed by atoms with Crippen LogP contribution in [0.2, 0.25) is 0 Å². The van der Waals surface area contributed by atoms with Crippen LogP contribution in [0.4, 0.5) is 0 Å². The van der Waals surface area contributed by atoms with E-state index in [2.05, 4.69) is 27.7 Å². The Hall–Kier alpha value is 1.54. The van der Waals surface area contributed by atoms with Crippen molar-refractivity contribution in [3.05, 3.63) is 0 Å². The predicted octanol–water partition coefficient (Wildman–Crippen LogP) is 5.91. The summed E-state index contributed by atoms with van der Waals surface area (Å²) in [6.07, 6.45) is 10.5. The second-order valence-corrected chi connectivity index (χ2v) is 7.16. The summed E-state index contributed by atoms with van der Waals surface area (Å²) >= 11 is 0. The van der Waals surface area contributed by atoms with E-state index >= 15 is 0 Å². The van der Waals surface area contributed by atoms with E-state index in [0.29, 0.717) is 18.4 Å². The Balaban J connectivity index is 0. The normalized spacial score (nSPS) is 15.4. The summed E-state index contributed by atoms with van der Waals surface area (Å²) in [7, 11) is -1.81. The Bertz CT molecular complexity index is 225. The molecule has 0 fully saturated rings. The summed E-state index contributed by atoms with van der Waals surface area (Å²) in [6, 6.07) is 0. The minimum absolute atomic E-state index is 0. The van der Waals surface area contributed by atoms with Crippen LogP contribution in [0.5, 0.6) is 0 Å². The Morgan fingerprint density at radius 2 is 1.40 bits per heavy atom. The van der Waals surface area contributed by atoms with Crippen LogP contribution in [0.15, 0.2) is 0 Å². The van der Waals surface area contributed by atoms with Crippen molar-refractivity contribution >= 4 is 8.03 Å². The van der Waals surface area contributed by atoms with Crippen LogP contribution in [0.1, 0.15) is 79.1 Å². The average Bonchev–Trinajstić information content (AvgIpc) is 2.43. The predicted molar refractivity (Wildman–Crippen MR) is 86.4 cm³/mol. The fourth-order valence-electron chi connectivity index (χ4n) is 2.35. The quantitative estimate of drug-likeness (QED) is 0.337. The maximum absolute atomic E-state index is 12.0. The van der Waals surface area contributed by atoms with E-state index in [1.807, 2.05) is 0 Å². The topological polar surface area (TPSA) is 26.3 Å². The zero-order valence-electron chi connectivity index (χ0n) is 14.0. The molecule has 3 unspecified atom stereocenters. The maximum atomic E-state index is 12.0. The number of hydrogen-bond acceptors (Lipinski definition) is 2. The molecule has 20 heavy (non-hydrogen) atoms. The van der Waals surface area contributed by atoms with Crippen LogP contribution in [0.3, 0.4) is 0 Å². The number of rotatable bonds is 13. The third-order valence-electron chi connectivity index (χ3n) is 4.02. The Morgan fingerprint density at radius 3 is 1.85 bits per heavy atom. The van der Waals surface area contributed by atoms with Gasteiger partial charge in [-0.2, -0.15) is 0 Å². The molecule has 0 rings (SSSR count). The molecule has 0 aromatic carbocycles. The van der Waals surface area contributed by atoms with E-state index in [1.165, 1.54) is 38.5 Å². The molecule has 0 saturated carbocycles. The van der Waals surface area contributed by atoms with E-state index in [1.54, 1.807) is 0 Å². The average molecular weight is 435 g/mol. The fourth-order valence-corrected chi connectivity index (χ4v) is 3.85. The molecule has 0 aromatic heterocycles. The van der Waals surface area contributed by atoms with Crippen LogP contribution < -0.4 is 0 Å². The van der Waals surface area contributed by atoms with Crippen molar-refractivity contribution in [2.24, 2.45) is 11.8 Å².